The second-order valence-electron chi connectivity index (χ2n) is 3.13. The molecule has 0 aliphatic heterocycles. The Kier molecular flexibility index (Phi) is 5.05. The molecule has 17 heavy (non-hydrogen) atoms. The molecular formula is C10H10N2O3S2. The third-order valence-corrected chi connectivity index (χ3v) is 2.51. The number of carbonyl (C=O) groups is 1. The first-order valence-corrected chi connectivity index (χ1v) is 5.82. The lowest BCUT2D eigenvalue weighted by Gasteiger charge is -2.15. The molecule has 0 saturated carbocycles. The number of benzene rings is 1. The maximum Gasteiger partial charge on any atom is 0.269 e. The van der Waals surface area contributed by atoms with Crippen LogP contribution in [0.2, 0.25) is 0 Å². The fraction of sp³-hybridized carbons (Fsp3) is 0.200. The summed E-state index contributed by atoms with van der Waals surface area (Å²) in [6, 6.07) is 5.39. The average molecular weight is 270 g/mol. The molecule has 0 N–H and O–H groups in total. The summed E-state index contributed by atoms with van der Waals surface area (Å²) < 4.78 is 0. The van der Waals surface area contributed by atoms with Crippen LogP contribution in [-0.4, -0.2) is 33.5 Å². The van der Waals surface area contributed by atoms with Crippen molar-refractivity contribution in [3.05, 3.63) is 39.9 Å². The van der Waals surface area contributed by atoms with Crippen LogP contribution in [0, 0.1) is 10.1 Å². The summed E-state index contributed by atoms with van der Waals surface area (Å²) in [5.41, 5.74) is 1.56. The molecule has 0 saturated heterocycles. The Morgan fingerprint density at radius 2 is 2.06 bits per heavy atom. The Labute approximate surface area is 109 Å². The van der Waals surface area contributed by atoms with Crippen molar-refractivity contribution in [2.75, 3.05) is 12.3 Å². The summed E-state index contributed by atoms with van der Waals surface area (Å²) in [6.07, 6.45) is 0. The van der Waals surface area contributed by atoms with Gasteiger partial charge in [0.1, 0.15) is 0 Å². The summed E-state index contributed by atoms with van der Waals surface area (Å²) in [5, 5.41) is 10.5. The van der Waals surface area contributed by atoms with Gasteiger partial charge in [-0.05, 0) is 12.1 Å². The van der Waals surface area contributed by atoms with Crippen LogP contribution in [0.1, 0.15) is 10.4 Å². The van der Waals surface area contributed by atoms with E-state index >= 15 is 0 Å². The van der Waals surface area contributed by atoms with Gasteiger partial charge in [-0.15, -0.1) is 0 Å². The Morgan fingerprint density at radius 3 is 2.47 bits per heavy atom. The maximum absolute atomic E-state index is 11.9. The number of amides is 1. The van der Waals surface area contributed by atoms with E-state index in [0.29, 0.717) is 17.9 Å². The minimum absolute atomic E-state index is 0.0513. The van der Waals surface area contributed by atoms with Gasteiger partial charge < -0.3 is 4.90 Å². The quantitative estimate of drug-likeness (QED) is 0.384. The fourth-order valence-electron chi connectivity index (χ4n) is 1.20. The van der Waals surface area contributed by atoms with Crippen molar-refractivity contribution in [2.24, 2.45) is 0 Å². The van der Waals surface area contributed by atoms with Crippen molar-refractivity contribution in [3.63, 3.8) is 0 Å². The molecule has 0 fully saturated rings. The van der Waals surface area contributed by atoms with Crippen molar-refractivity contribution in [1.29, 1.82) is 0 Å². The molecule has 0 aromatic heterocycles. The first kappa shape index (κ1) is 13.6. The van der Waals surface area contributed by atoms with Crippen LogP contribution >= 0.6 is 24.8 Å². The number of non-ortho nitro benzene ring substituents is 1. The van der Waals surface area contributed by atoms with Gasteiger partial charge in [-0.2, -0.15) is 12.6 Å². The van der Waals surface area contributed by atoms with E-state index in [-0.39, 0.29) is 11.6 Å². The van der Waals surface area contributed by atoms with Gasteiger partial charge in [-0.25, -0.2) is 0 Å². The lowest BCUT2D eigenvalue weighted by atomic mass is 10.2. The van der Waals surface area contributed by atoms with Gasteiger partial charge in [0, 0.05) is 30.0 Å². The molecule has 0 heterocycles. The lowest BCUT2D eigenvalue weighted by molar-refractivity contribution is -0.384. The third kappa shape index (κ3) is 3.50. The average Bonchev–Trinajstić information content (AvgIpc) is 2.35. The van der Waals surface area contributed by atoms with Gasteiger partial charge in [0.2, 0.25) is 0 Å². The van der Waals surface area contributed by atoms with E-state index < -0.39 is 4.92 Å². The SMILES string of the molecule is O=C(c1ccc([N+](=O)[O-])cc1)N(C=S)CCS. The first-order valence-electron chi connectivity index (χ1n) is 4.71. The van der Waals surface area contributed by atoms with Gasteiger partial charge in [0.15, 0.2) is 0 Å². The van der Waals surface area contributed by atoms with Crippen LogP contribution in [0.5, 0.6) is 0 Å². The van der Waals surface area contributed by atoms with E-state index in [2.05, 4.69) is 12.6 Å². The highest BCUT2D eigenvalue weighted by atomic mass is 32.1. The standard InChI is InChI=1S/C10H10N2O3S2/c13-10(11(7-17)5-6-16)8-1-3-9(4-2-8)12(14)15/h1-4,7,16H,5-6H2. The van der Waals surface area contributed by atoms with Crippen LogP contribution in [-0.2, 0) is 0 Å². The number of hydrogen-bond donors (Lipinski definition) is 1. The lowest BCUT2D eigenvalue weighted by Crippen LogP contribution is -2.30. The summed E-state index contributed by atoms with van der Waals surface area (Å²) >= 11 is 8.74. The number of rotatable bonds is 5. The fourth-order valence-corrected chi connectivity index (χ4v) is 1.62. The summed E-state index contributed by atoms with van der Waals surface area (Å²) in [6.45, 7) is 0.405. The molecule has 90 valence electrons. The predicted molar refractivity (Wildman–Crippen MR) is 71.6 cm³/mol. The Morgan fingerprint density at radius 1 is 1.47 bits per heavy atom. The van der Waals surface area contributed by atoms with Gasteiger partial charge in [-0.3, -0.25) is 14.9 Å². The number of thiocarbonyl (C=S) groups is 1. The zero-order valence-electron chi connectivity index (χ0n) is 8.78. The van der Waals surface area contributed by atoms with Crippen molar-refractivity contribution >= 4 is 41.9 Å². The topological polar surface area (TPSA) is 63.4 Å². The van der Waals surface area contributed by atoms with Crippen molar-refractivity contribution in [1.82, 2.24) is 4.90 Å². The van der Waals surface area contributed by atoms with Crippen LogP contribution in [0.15, 0.2) is 24.3 Å². The number of carbonyl (C=O) groups excluding carboxylic acids is 1. The molecule has 1 aromatic rings. The Hall–Kier alpha value is -1.47. The van der Waals surface area contributed by atoms with E-state index in [1.807, 2.05) is 0 Å². The summed E-state index contributed by atoms with van der Waals surface area (Å²) in [7, 11) is 0. The van der Waals surface area contributed by atoms with E-state index in [0.717, 1.165) is 0 Å². The number of nitrogens with zero attached hydrogens (tertiary/aromatic N) is 2. The van der Waals surface area contributed by atoms with E-state index in [1.54, 1.807) is 0 Å². The highest BCUT2D eigenvalue weighted by Gasteiger charge is 2.14. The van der Waals surface area contributed by atoms with Gasteiger partial charge in [0.25, 0.3) is 11.6 Å². The normalized spacial score (nSPS) is 9.71. The first-order chi connectivity index (χ1) is 8.10. The van der Waals surface area contributed by atoms with E-state index in [1.165, 1.54) is 34.7 Å². The van der Waals surface area contributed by atoms with E-state index in [9.17, 15) is 14.9 Å². The summed E-state index contributed by atoms with van der Waals surface area (Å²) in [4.78, 5) is 23.1. The molecule has 1 rings (SSSR count). The largest absolute Gasteiger partial charge is 0.304 e. The second-order valence-corrected chi connectivity index (χ2v) is 3.79. The highest BCUT2D eigenvalue weighted by molar-refractivity contribution is 7.80. The van der Waals surface area contributed by atoms with Crippen molar-refractivity contribution < 1.29 is 9.72 Å². The van der Waals surface area contributed by atoms with Crippen LogP contribution in [0.3, 0.4) is 0 Å². The zero-order valence-corrected chi connectivity index (χ0v) is 10.5. The van der Waals surface area contributed by atoms with E-state index in [4.69, 9.17) is 12.2 Å². The molecule has 0 radical (unpaired) electrons. The number of hydrogen-bond acceptors (Lipinski definition) is 5. The molecule has 0 aliphatic rings. The minimum Gasteiger partial charge on any atom is -0.304 e. The van der Waals surface area contributed by atoms with Crippen molar-refractivity contribution in [2.45, 2.75) is 0 Å². The number of nitro groups is 1. The molecule has 1 amide bonds. The van der Waals surface area contributed by atoms with Crippen LogP contribution in [0.25, 0.3) is 0 Å². The monoisotopic (exact) mass is 270 g/mol. The molecule has 0 aliphatic carbocycles. The third-order valence-electron chi connectivity index (χ3n) is 2.05. The zero-order chi connectivity index (χ0) is 12.8. The maximum atomic E-state index is 11.9. The molecule has 5 nitrogen and oxygen atoms in total. The smallest absolute Gasteiger partial charge is 0.269 e. The minimum atomic E-state index is -0.515. The number of thiol groups is 1. The molecule has 0 bridgehead atoms. The number of nitro benzene ring substituents is 1. The molecule has 0 atom stereocenters. The van der Waals surface area contributed by atoms with Crippen molar-refractivity contribution in [3.8, 4) is 0 Å². The van der Waals surface area contributed by atoms with Gasteiger partial charge in [-0.1, -0.05) is 12.2 Å². The van der Waals surface area contributed by atoms with Gasteiger partial charge >= 0.3 is 0 Å². The van der Waals surface area contributed by atoms with Crippen LogP contribution < -0.4 is 0 Å². The van der Waals surface area contributed by atoms with Crippen LogP contribution in [0.4, 0.5) is 5.69 Å². The molecule has 0 unspecified atom stereocenters. The molecular weight excluding hydrogens is 260 g/mol. The Bertz CT molecular complexity index is 434. The van der Waals surface area contributed by atoms with Gasteiger partial charge in [0.05, 0.1) is 10.4 Å². The summed E-state index contributed by atoms with van der Waals surface area (Å²) in [5.74, 6) is 0.204. The predicted octanol–water partition coefficient (Wildman–Crippen LogP) is 1.92. The molecule has 1 aromatic carbocycles. The second kappa shape index (κ2) is 6.31. The Balaban J connectivity index is 2.88. The molecule has 7 heteroatoms. The molecule has 0 spiro atoms. The highest BCUT2D eigenvalue weighted by Crippen LogP contribution is 2.13.